The fourth-order valence-corrected chi connectivity index (χ4v) is 2.10. The van der Waals surface area contributed by atoms with Gasteiger partial charge in [0.15, 0.2) is 0 Å². The van der Waals surface area contributed by atoms with Crippen LogP contribution in [0.5, 0.6) is 0 Å². The van der Waals surface area contributed by atoms with Crippen molar-refractivity contribution in [2.45, 2.75) is 25.8 Å². The zero-order valence-corrected chi connectivity index (χ0v) is 10.8. The van der Waals surface area contributed by atoms with Crippen molar-refractivity contribution in [3.8, 4) is 0 Å². The highest BCUT2D eigenvalue weighted by atomic mass is 16.2. The molecule has 1 aliphatic rings. The number of nitrogens with one attached hydrogen (secondary N) is 1. The number of nitrogens with zero attached hydrogens (tertiary/aromatic N) is 3. The molecule has 0 radical (unpaired) electrons. The maximum atomic E-state index is 11.7. The highest BCUT2D eigenvalue weighted by Crippen LogP contribution is 2.08. The minimum atomic E-state index is -0.169. The number of likely N-dealkylation sites (tertiary alicyclic amines) is 1. The molecule has 2 rings (SSSR count). The molecule has 1 aromatic heterocycles. The van der Waals surface area contributed by atoms with E-state index in [9.17, 15) is 9.59 Å². The van der Waals surface area contributed by atoms with E-state index in [2.05, 4.69) is 10.4 Å². The number of hydrogen-bond donors (Lipinski definition) is 2. The second kappa shape index (κ2) is 6.21. The van der Waals surface area contributed by atoms with E-state index in [1.165, 1.54) is 4.68 Å². The van der Waals surface area contributed by atoms with Crippen LogP contribution in [0.4, 0.5) is 5.82 Å². The Morgan fingerprint density at radius 2 is 2.11 bits per heavy atom. The van der Waals surface area contributed by atoms with Gasteiger partial charge in [-0.2, -0.15) is 5.10 Å². The van der Waals surface area contributed by atoms with Crippen molar-refractivity contribution in [3.05, 3.63) is 12.3 Å². The third-order valence-corrected chi connectivity index (χ3v) is 3.09. The fourth-order valence-electron chi connectivity index (χ4n) is 2.10. The second-order valence-corrected chi connectivity index (χ2v) is 4.63. The molecule has 0 bridgehead atoms. The lowest BCUT2D eigenvalue weighted by Gasteiger charge is -2.15. The molecule has 1 aromatic rings. The Bertz CT molecular complexity index is 451. The van der Waals surface area contributed by atoms with Gasteiger partial charge in [-0.15, -0.1) is 0 Å². The van der Waals surface area contributed by atoms with E-state index in [4.69, 9.17) is 5.73 Å². The van der Waals surface area contributed by atoms with Gasteiger partial charge in [0.25, 0.3) is 0 Å². The Labute approximate surface area is 111 Å². The lowest BCUT2D eigenvalue weighted by atomic mass is 10.3. The van der Waals surface area contributed by atoms with E-state index >= 15 is 0 Å². The summed E-state index contributed by atoms with van der Waals surface area (Å²) in [5, 5.41) is 6.62. The maximum absolute atomic E-state index is 11.7. The summed E-state index contributed by atoms with van der Waals surface area (Å²) in [6.07, 6.45) is 4.16. The van der Waals surface area contributed by atoms with E-state index in [1.807, 2.05) is 4.90 Å². The third kappa shape index (κ3) is 3.97. The van der Waals surface area contributed by atoms with E-state index in [0.29, 0.717) is 18.8 Å². The molecule has 0 aliphatic carbocycles. The predicted octanol–water partition coefficient (Wildman–Crippen LogP) is -0.406. The number of anilines is 1. The van der Waals surface area contributed by atoms with Crippen LogP contribution in [0.1, 0.15) is 19.3 Å². The zero-order chi connectivity index (χ0) is 13.7. The first-order valence-corrected chi connectivity index (χ1v) is 6.48. The summed E-state index contributed by atoms with van der Waals surface area (Å²) in [7, 11) is 0. The van der Waals surface area contributed by atoms with Crippen LogP contribution in [-0.4, -0.2) is 46.1 Å². The van der Waals surface area contributed by atoms with Crippen LogP contribution in [0.15, 0.2) is 12.3 Å². The molecule has 0 atom stereocenters. The molecule has 7 nitrogen and oxygen atoms in total. The molecule has 7 heteroatoms. The van der Waals surface area contributed by atoms with Gasteiger partial charge in [0.05, 0.1) is 0 Å². The minimum absolute atomic E-state index is 0.112. The van der Waals surface area contributed by atoms with Crippen molar-refractivity contribution in [2.75, 3.05) is 25.4 Å². The SMILES string of the molecule is Nc1ccn(CC(=O)NCCC(=O)N2CCCC2)n1. The van der Waals surface area contributed by atoms with Crippen molar-refractivity contribution in [2.24, 2.45) is 0 Å². The molecular formula is C12H19N5O2. The van der Waals surface area contributed by atoms with Crippen LogP contribution >= 0.6 is 0 Å². The van der Waals surface area contributed by atoms with Crippen LogP contribution in [0.25, 0.3) is 0 Å². The summed E-state index contributed by atoms with van der Waals surface area (Å²) in [6.45, 7) is 2.18. The second-order valence-electron chi connectivity index (χ2n) is 4.63. The first-order valence-electron chi connectivity index (χ1n) is 6.48. The van der Waals surface area contributed by atoms with Gasteiger partial charge >= 0.3 is 0 Å². The molecule has 1 saturated heterocycles. The number of amides is 2. The van der Waals surface area contributed by atoms with Gasteiger partial charge in [-0.1, -0.05) is 0 Å². The van der Waals surface area contributed by atoms with Crippen molar-refractivity contribution in [1.82, 2.24) is 20.0 Å². The van der Waals surface area contributed by atoms with Crippen molar-refractivity contribution < 1.29 is 9.59 Å². The van der Waals surface area contributed by atoms with E-state index in [1.54, 1.807) is 12.3 Å². The third-order valence-electron chi connectivity index (χ3n) is 3.09. The van der Waals surface area contributed by atoms with Crippen LogP contribution in [0.3, 0.4) is 0 Å². The Morgan fingerprint density at radius 3 is 2.74 bits per heavy atom. The standard InChI is InChI=1S/C12H19N5O2/c13-10-4-8-17(15-10)9-11(18)14-5-3-12(19)16-6-1-2-7-16/h4,8H,1-3,5-7,9H2,(H2,13,15)(H,14,18). The Morgan fingerprint density at radius 1 is 1.37 bits per heavy atom. The van der Waals surface area contributed by atoms with Gasteiger partial charge < -0.3 is 16.0 Å². The molecule has 1 fully saturated rings. The van der Waals surface area contributed by atoms with Crippen LogP contribution < -0.4 is 11.1 Å². The number of carbonyl (C=O) groups is 2. The van der Waals surface area contributed by atoms with Gasteiger partial charge in [-0.25, -0.2) is 0 Å². The molecule has 3 N–H and O–H groups in total. The van der Waals surface area contributed by atoms with Crippen LogP contribution in [0, 0.1) is 0 Å². The van der Waals surface area contributed by atoms with Crippen molar-refractivity contribution in [3.63, 3.8) is 0 Å². The molecule has 0 saturated carbocycles. The van der Waals surface area contributed by atoms with Gasteiger partial charge in [-0.3, -0.25) is 14.3 Å². The molecule has 2 heterocycles. The van der Waals surface area contributed by atoms with E-state index < -0.39 is 0 Å². The Balaban J connectivity index is 1.65. The van der Waals surface area contributed by atoms with E-state index in [-0.39, 0.29) is 18.4 Å². The summed E-state index contributed by atoms with van der Waals surface area (Å²) < 4.78 is 1.47. The Kier molecular flexibility index (Phi) is 4.38. The van der Waals surface area contributed by atoms with E-state index in [0.717, 1.165) is 25.9 Å². The van der Waals surface area contributed by atoms with Crippen LogP contribution in [0.2, 0.25) is 0 Å². The number of nitrogen functional groups attached to an aromatic ring is 1. The summed E-state index contributed by atoms with van der Waals surface area (Å²) in [5.41, 5.74) is 5.45. The highest BCUT2D eigenvalue weighted by molar-refractivity contribution is 5.79. The number of hydrogen-bond acceptors (Lipinski definition) is 4. The maximum Gasteiger partial charge on any atom is 0.241 e. The van der Waals surface area contributed by atoms with Crippen LogP contribution in [-0.2, 0) is 16.1 Å². The Hall–Kier alpha value is -2.05. The molecule has 0 aromatic carbocycles. The summed E-state index contributed by atoms with van der Waals surface area (Å²) in [4.78, 5) is 25.2. The summed E-state index contributed by atoms with van der Waals surface area (Å²) in [5.74, 6) is 0.329. The number of nitrogens with two attached hydrogens (primary N) is 1. The number of rotatable bonds is 5. The first kappa shape index (κ1) is 13.4. The average Bonchev–Trinajstić information content (AvgIpc) is 3.00. The number of aromatic nitrogens is 2. The summed E-state index contributed by atoms with van der Waals surface area (Å²) in [6, 6.07) is 1.63. The topological polar surface area (TPSA) is 93.2 Å². The largest absolute Gasteiger partial charge is 0.382 e. The number of carbonyl (C=O) groups excluding carboxylic acids is 2. The molecule has 104 valence electrons. The molecular weight excluding hydrogens is 246 g/mol. The van der Waals surface area contributed by atoms with Gasteiger partial charge in [-0.05, 0) is 18.9 Å². The average molecular weight is 265 g/mol. The summed E-state index contributed by atoms with van der Waals surface area (Å²) >= 11 is 0. The predicted molar refractivity (Wildman–Crippen MR) is 70.1 cm³/mol. The molecule has 2 amide bonds. The van der Waals surface area contributed by atoms with Gasteiger partial charge in [0.1, 0.15) is 12.4 Å². The zero-order valence-electron chi connectivity index (χ0n) is 10.8. The first-order chi connectivity index (χ1) is 9.15. The highest BCUT2D eigenvalue weighted by Gasteiger charge is 2.17. The smallest absolute Gasteiger partial charge is 0.241 e. The van der Waals surface area contributed by atoms with Crippen molar-refractivity contribution >= 4 is 17.6 Å². The molecule has 19 heavy (non-hydrogen) atoms. The lowest BCUT2D eigenvalue weighted by molar-refractivity contribution is -0.130. The van der Waals surface area contributed by atoms with Crippen molar-refractivity contribution in [1.29, 1.82) is 0 Å². The molecule has 1 aliphatic heterocycles. The van der Waals surface area contributed by atoms with Gasteiger partial charge in [0, 0.05) is 32.3 Å². The van der Waals surface area contributed by atoms with Gasteiger partial charge in [0.2, 0.25) is 11.8 Å². The molecule has 0 spiro atoms. The minimum Gasteiger partial charge on any atom is -0.382 e. The fraction of sp³-hybridized carbons (Fsp3) is 0.583. The molecule has 0 unspecified atom stereocenters. The normalized spacial score (nSPS) is 14.6. The quantitative estimate of drug-likeness (QED) is 0.757. The monoisotopic (exact) mass is 265 g/mol. The lowest BCUT2D eigenvalue weighted by Crippen LogP contribution is -2.34.